The molecule has 12 heteroatoms. The molecule has 2 aliphatic rings. The van der Waals surface area contributed by atoms with E-state index < -0.39 is 29.4 Å². The number of carbonyl (C=O) groups excluding carboxylic acids is 3. The van der Waals surface area contributed by atoms with E-state index in [1.165, 1.54) is 58.2 Å². The number of thioether (sulfide) groups is 2. The first-order valence-electron chi connectivity index (χ1n) is 14.7. The Kier molecular flexibility index (Phi) is 8.88. The number of aromatic nitrogens is 2. The Morgan fingerprint density at radius 2 is 1.55 bits per heavy atom. The Morgan fingerprint density at radius 1 is 0.915 bits per heavy atom. The second-order valence-electron chi connectivity index (χ2n) is 10.7. The fourth-order valence-electron chi connectivity index (χ4n) is 5.45. The number of esters is 1. The first-order valence-corrected chi connectivity index (χ1v) is 17.4. The predicted octanol–water partition coefficient (Wildman–Crippen LogP) is 5.33. The molecule has 9 nitrogen and oxygen atoms in total. The van der Waals surface area contributed by atoms with Crippen molar-refractivity contribution in [3.63, 3.8) is 0 Å². The number of nitrogens with zero attached hydrogens (tertiary/aromatic N) is 3. The topological polar surface area (TPSA) is 119 Å². The summed E-state index contributed by atoms with van der Waals surface area (Å²) in [4.78, 5) is 64.7. The molecule has 0 saturated carbocycles. The highest BCUT2D eigenvalue weighted by atomic mass is 32.2. The van der Waals surface area contributed by atoms with E-state index in [0.29, 0.717) is 19.7 Å². The molecule has 1 N–H and O–H groups in total. The normalized spacial score (nSPS) is 17.3. The van der Waals surface area contributed by atoms with Gasteiger partial charge in [-0.3, -0.25) is 19.3 Å². The standard InChI is InChI=1S/C35H26N4O5S3/c40-24-19-27(47-32-28(24)36-16-17-37-32)46-25-20-45-34-29(38-26(41)18-21-10-4-1-5-11-21)33(42)39(34)30(25)35(43)44-31(22-12-6-2-7-13-22)23-14-8-3-9-15-23/h1-17,19,29,31,34H,18,20H2,(H,38,41)/t29?,34-/m1/s1. The van der Waals surface area contributed by atoms with Crippen molar-refractivity contribution in [2.45, 2.75) is 28.1 Å². The maximum absolute atomic E-state index is 14.3. The van der Waals surface area contributed by atoms with Crippen molar-refractivity contribution in [1.82, 2.24) is 20.2 Å². The van der Waals surface area contributed by atoms with Crippen molar-refractivity contribution >= 4 is 63.0 Å². The molecular formula is C35H26N4O5S3. The summed E-state index contributed by atoms with van der Waals surface area (Å²) >= 11 is 3.96. The molecule has 234 valence electrons. The van der Waals surface area contributed by atoms with Gasteiger partial charge in [-0.05, 0) is 16.7 Å². The van der Waals surface area contributed by atoms with Crippen LogP contribution in [0.25, 0.3) is 10.3 Å². The Labute approximate surface area is 282 Å². The summed E-state index contributed by atoms with van der Waals surface area (Å²) in [5.74, 6) is -0.999. The van der Waals surface area contributed by atoms with Crippen LogP contribution in [0.2, 0.25) is 0 Å². The number of nitrogens with one attached hydrogen (secondary N) is 1. The third-order valence-corrected chi connectivity index (χ3v) is 11.3. The lowest BCUT2D eigenvalue weighted by molar-refractivity contribution is -0.154. The van der Waals surface area contributed by atoms with Gasteiger partial charge in [0.25, 0.3) is 5.91 Å². The maximum atomic E-state index is 14.3. The van der Waals surface area contributed by atoms with E-state index in [4.69, 9.17) is 4.74 Å². The Balaban J connectivity index is 1.22. The van der Waals surface area contributed by atoms with Gasteiger partial charge in [0.1, 0.15) is 27.5 Å². The monoisotopic (exact) mass is 678 g/mol. The van der Waals surface area contributed by atoms with E-state index in [-0.39, 0.29) is 29.0 Å². The average molecular weight is 679 g/mol. The Hall–Kier alpha value is -4.78. The van der Waals surface area contributed by atoms with Crippen LogP contribution in [0.4, 0.5) is 0 Å². The third kappa shape index (κ3) is 6.44. The zero-order valence-corrected chi connectivity index (χ0v) is 27.1. The molecule has 2 atom stereocenters. The van der Waals surface area contributed by atoms with Gasteiger partial charge >= 0.3 is 5.97 Å². The van der Waals surface area contributed by atoms with Crippen LogP contribution in [0.15, 0.2) is 129 Å². The maximum Gasteiger partial charge on any atom is 0.356 e. The van der Waals surface area contributed by atoms with Gasteiger partial charge in [0.2, 0.25) is 11.3 Å². The van der Waals surface area contributed by atoms with Crippen molar-refractivity contribution in [1.29, 1.82) is 0 Å². The zero-order valence-electron chi connectivity index (χ0n) is 24.6. The highest BCUT2D eigenvalue weighted by Crippen LogP contribution is 2.46. The summed E-state index contributed by atoms with van der Waals surface area (Å²) in [6.07, 6.45) is 2.39. The molecule has 2 aromatic heterocycles. The summed E-state index contributed by atoms with van der Waals surface area (Å²) in [6, 6.07) is 28.8. The number of carbonyl (C=O) groups is 3. The van der Waals surface area contributed by atoms with E-state index in [2.05, 4.69) is 15.3 Å². The lowest BCUT2D eigenvalue weighted by atomic mass is 10.0. The van der Waals surface area contributed by atoms with Gasteiger partial charge in [0.15, 0.2) is 6.10 Å². The predicted molar refractivity (Wildman–Crippen MR) is 183 cm³/mol. The molecule has 1 saturated heterocycles. The smallest absolute Gasteiger partial charge is 0.356 e. The first kappa shape index (κ1) is 30.9. The number of hydrogen-bond acceptors (Lipinski definition) is 10. The second-order valence-corrected chi connectivity index (χ2v) is 14.3. The molecule has 5 aromatic rings. The molecule has 3 aromatic carbocycles. The number of ether oxygens (including phenoxy) is 1. The molecule has 4 heterocycles. The number of hydrogen-bond donors (Lipinski definition) is 1. The third-order valence-electron chi connectivity index (χ3n) is 7.65. The van der Waals surface area contributed by atoms with E-state index >= 15 is 0 Å². The van der Waals surface area contributed by atoms with Crippen LogP contribution < -0.4 is 10.7 Å². The van der Waals surface area contributed by atoms with Gasteiger partial charge in [-0.1, -0.05) is 103 Å². The van der Waals surface area contributed by atoms with Gasteiger partial charge in [0.05, 0.1) is 10.6 Å². The molecule has 47 heavy (non-hydrogen) atoms. The summed E-state index contributed by atoms with van der Waals surface area (Å²) in [5, 5.41) is 2.37. The minimum absolute atomic E-state index is 0.105. The van der Waals surface area contributed by atoms with Gasteiger partial charge in [-0.15, -0.1) is 23.1 Å². The molecule has 7 rings (SSSR count). The number of rotatable bonds is 9. The highest BCUT2D eigenvalue weighted by molar-refractivity contribution is 8.07. The van der Waals surface area contributed by atoms with Crippen LogP contribution in [0.5, 0.6) is 0 Å². The lowest BCUT2D eigenvalue weighted by Gasteiger charge is -2.49. The Bertz CT molecular complexity index is 2020. The van der Waals surface area contributed by atoms with E-state index in [1.54, 1.807) is 0 Å². The molecule has 2 aliphatic heterocycles. The summed E-state index contributed by atoms with van der Waals surface area (Å²) in [7, 11) is 0. The van der Waals surface area contributed by atoms with Crippen molar-refractivity contribution < 1.29 is 19.1 Å². The van der Waals surface area contributed by atoms with Crippen molar-refractivity contribution in [2.75, 3.05) is 5.75 Å². The van der Waals surface area contributed by atoms with E-state index in [9.17, 15) is 19.2 Å². The van der Waals surface area contributed by atoms with Crippen molar-refractivity contribution in [2.24, 2.45) is 0 Å². The van der Waals surface area contributed by atoms with Crippen LogP contribution in [0.3, 0.4) is 0 Å². The van der Waals surface area contributed by atoms with Crippen LogP contribution in [-0.2, 0) is 25.5 Å². The molecular weight excluding hydrogens is 653 g/mol. The molecule has 2 amide bonds. The Morgan fingerprint density at radius 3 is 2.23 bits per heavy atom. The summed E-state index contributed by atoms with van der Waals surface area (Å²) in [5.41, 5.74) is 2.48. The fourth-order valence-corrected chi connectivity index (χ4v) is 9.20. The average Bonchev–Trinajstić information content (AvgIpc) is 3.10. The largest absolute Gasteiger partial charge is 0.448 e. The number of amides is 2. The zero-order chi connectivity index (χ0) is 32.3. The first-order chi connectivity index (χ1) is 23.0. The van der Waals surface area contributed by atoms with Gasteiger partial charge < -0.3 is 10.1 Å². The van der Waals surface area contributed by atoms with Gasteiger partial charge in [0, 0.05) is 29.1 Å². The van der Waals surface area contributed by atoms with Crippen molar-refractivity contribution in [3.05, 3.63) is 147 Å². The number of benzene rings is 3. The molecule has 0 aliphatic carbocycles. The fraction of sp³-hybridized carbons (Fsp3) is 0.143. The van der Waals surface area contributed by atoms with E-state index in [0.717, 1.165) is 16.7 Å². The summed E-state index contributed by atoms with van der Waals surface area (Å²) in [6.45, 7) is 0. The van der Waals surface area contributed by atoms with Gasteiger partial charge in [-0.25, -0.2) is 14.8 Å². The second kappa shape index (κ2) is 13.5. The van der Waals surface area contributed by atoms with Crippen LogP contribution in [0.1, 0.15) is 22.8 Å². The lowest BCUT2D eigenvalue weighted by Crippen LogP contribution is -2.70. The summed E-state index contributed by atoms with van der Waals surface area (Å²) < 4.78 is 6.84. The quantitative estimate of drug-likeness (QED) is 0.163. The van der Waals surface area contributed by atoms with Crippen LogP contribution in [-0.4, -0.2) is 49.8 Å². The number of β-lactam (4-membered cyclic amide) rings is 1. The van der Waals surface area contributed by atoms with Crippen LogP contribution >= 0.6 is 34.9 Å². The van der Waals surface area contributed by atoms with Gasteiger partial charge in [-0.2, -0.15) is 0 Å². The molecule has 0 spiro atoms. The van der Waals surface area contributed by atoms with Crippen molar-refractivity contribution in [3.8, 4) is 0 Å². The molecule has 1 unspecified atom stereocenters. The number of fused-ring (bicyclic) bond motifs is 2. The molecule has 1 fully saturated rings. The minimum atomic E-state index is -0.795. The molecule has 0 radical (unpaired) electrons. The SMILES string of the molecule is O=C(Cc1ccccc1)NC1C(=O)N2C(C(=O)OC(c3ccccc3)c3ccccc3)=C(Sc3cc(=O)c4nccnc4s3)CS[C@H]12. The molecule has 0 bridgehead atoms. The van der Waals surface area contributed by atoms with E-state index in [1.807, 2.05) is 91.0 Å². The van der Waals surface area contributed by atoms with Crippen LogP contribution in [0, 0.1) is 0 Å². The minimum Gasteiger partial charge on any atom is -0.448 e. The highest BCUT2D eigenvalue weighted by Gasteiger charge is 2.54.